The van der Waals surface area contributed by atoms with Gasteiger partial charge in [-0.25, -0.2) is 4.39 Å². The van der Waals surface area contributed by atoms with Crippen LogP contribution in [0.1, 0.15) is 40.4 Å². The van der Waals surface area contributed by atoms with Crippen molar-refractivity contribution in [1.29, 1.82) is 0 Å². The SMILES string of the molecule is O=C(c1[nH]c2ccccc2c1CN1CCC(c2c(F)cccc2Cl)CC1)N1CCN(CCOCCO)CC1. The number of halogens is 2. The Morgan fingerprint density at radius 3 is 2.50 bits per heavy atom. The summed E-state index contributed by atoms with van der Waals surface area (Å²) in [5.41, 5.74) is 3.31. The molecule has 1 aromatic heterocycles. The number of nitrogens with one attached hydrogen (secondary N) is 1. The van der Waals surface area contributed by atoms with Crippen molar-refractivity contribution in [3.05, 3.63) is 70.1 Å². The Bertz CT molecular complexity index is 1220. The van der Waals surface area contributed by atoms with Crippen LogP contribution in [0.25, 0.3) is 10.9 Å². The number of nitrogens with zero attached hydrogens (tertiary/aromatic N) is 3. The molecule has 9 heteroatoms. The highest BCUT2D eigenvalue weighted by molar-refractivity contribution is 6.31. The molecular weight excluding hydrogens is 507 g/mol. The number of aliphatic hydroxyl groups excluding tert-OH is 1. The van der Waals surface area contributed by atoms with Crippen LogP contribution in [-0.2, 0) is 11.3 Å². The number of benzene rings is 2. The molecule has 3 heterocycles. The number of rotatable bonds is 9. The molecule has 1 amide bonds. The zero-order valence-electron chi connectivity index (χ0n) is 21.7. The zero-order chi connectivity index (χ0) is 26.5. The molecule has 2 aliphatic heterocycles. The second kappa shape index (κ2) is 12.6. The van der Waals surface area contributed by atoms with Crippen LogP contribution in [0.5, 0.6) is 0 Å². The molecule has 0 atom stereocenters. The Balaban J connectivity index is 1.25. The number of H-pyrrole nitrogens is 1. The van der Waals surface area contributed by atoms with Gasteiger partial charge in [-0.1, -0.05) is 35.9 Å². The molecule has 3 aromatic rings. The maximum Gasteiger partial charge on any atom is 0.270 e. The average molecular weight is 543 g/mol. The summed E-state index contributed by atoms with van der Waals surface area (Å²) in [4.78, 5) is 23.7. The quantitative estimate of drug-likeness (QED) is 0.398. The number of hydrogen-bond acceptors (Lipinski definition) is 5. The molecule has 0 saturated carbocycles. The van der Waals surface area contributed by atoms with Gasteiger partial charge in [0.1, 0.15) is 11.5 Å². The number of ether oxygens (including phenoxy) is 1. The lowest BCUT2D eigenvalue weighted by atomic mass is 9.88. The number of fused-ring (bicyclic) bond motifs is 1. The molecule has 0 unspecified atom stereocenters. The first-order valence-electron chi connectivity index (χ1n) is 13.5. The van der Waals surface area contributed by atoms with E-state index < -0.39 is 0 Å². The Labute approximate surface area is 228 Å². The van der Waals surface area contributed by atoms with Crippen molar-refractivity contribution in [2.75, 3.05) is 65.6 Å². The Kier molecular flexibility index (Phi) is 8.97. The summed E-state index contributed by atoms with van der Waals surface area (Å²) < 4.78 is 19.9. The maximum absolute atomic E-state index is 14.5. The first kappa shape index (κ1) is 27.1. The molecule has 2 fully saturated rings. The number of aromatic amines is 1. The highest BCUT2D eigenvalue weighted by Gasteiger charge is 2.29. The van der Waals surface area contributed by atoms with Gasteiger partial charge in [0.05, 0.1) is 19.8 Å². The molecule has 5 rings (SSSR count). The lowest BCUT2D eigenvalue weighted by Crippen LogP contribution is -2.49. The number of para-hydroxylation sites is 1. The molecule has 0 radical (unpaired) electrons. The molecule has 2 aliphatic rings. The topological polar surface area (TPSA) is 72.0 Å². The molecule has 38 heavy (non-hydrogen) atoms. The van der Waals surface area contributed by atoms with Gasteiger partial charge >= 0.3 is 0 Å². The summed E-state index contributed by atoms with van der Waals surface area (Å²) >= 11 is 6.34. The Hall–Kier alpha value is -2.49. The Morgan fingerprint density at radius 2 is 1.76 bits per heavy atom. The fourth-order valence-corrected chi connectivity index (χ4v) is 6.06. The van der Waals surface area contributed by atoms with Crippen LogP contribution in [-0.4, -0.2) is 96.3 Å². The van der Waals surface area contributed by atoms with Crippen LogP contribution in [0.3, 0.4) is 0 Å². The highest BCUT2D eigenvalue weighted by atomic mass is 35.5. The molecule has 0 spiro atoms. The van der Waals surface area contributed by atoms with Crippen molar-refractivity contribution in [1.82, 2.24) is 19.7 Å². The molecular formula is C29H36ClFN4O3. The van der Waals surface area contributed by atoms with Gasteiger partial charge in [0.15, 0.2) is 0 Å². The number of carbonyl (C=O) groups is 1. The standard InChI is InChI=1S/C29H36ClFN4O3/c30-24-5-3-6-25(31)27(24)21-8-10-34(11-9-21)20-23-22-4-1-2-7-26(22)32-28(23)29(37)35-14-12-33(13-15-35)16-18-38-19-17-36/h1-7,21,32,36H,8-20H2. The van der Waals surface area contributed by atoms with Crippen LogP contribution < -0.4 is 0 Å². The summed E-state index contributed by atoms with van der Waals surface area (Å²) in [7, 11) is 0. The second-order valence-corrected chi connectivity index (χ2v) is 10.6. The van der Waals surface area contributed by atoms with E-state index in [1.807, 2.05) is 23.1 Å². The average Bonchev–Trinajstić information content (AvgIpc) is 3.30. The third kappa shape index (κ3) is 6.05. The molecule has 7 nitrogen and oxygen atoms in total. The van der Waals surface area contributed by atoms with E-state index in [1.54, 1.807) is 12.1 Å². The number of piperidine rings is 1. The summed E-state index contributed by atoms with van der Waals surface area (Å²) in [5.74, 6) is -0.0759. The van der Waals surface area contributed by atoms with E-state index in [1.165, 1.54) is 6.07 Å². The first-order valence-corrected chi connectivity index (χ1v) is 13.9. The van der Waals surface area contributed by atoms with Gasteiger partial charge in [-0.2, -0.15) is 0 Å². The number of hydrogen-bond donors (Lipinski definition) is 2. The summed E-state index contributed by atoms with van der Waals surface area (Å²) in [6, 6.07) is 13.0. The van der Waals surface area contributed by atoms with E-state index in [2.05, 4.69) is 20.9 Å². The molecule has 2 N–H and O–H groups in total. The number of piperazine rings is 1. The van der Waals surface area contributed by atoms with Crippen molar-refractivity contribution in [3.8, 4) is 0 Å². The third-order valence-corrected chi connectivity index (χ3v) is 8.18. The number of likely N-dealkylation sites (tertiary alicyclic amines) is 1. The third-order valence-electron chi connectivity index (χ3n) is 7.85. The number of aromatic nitrogens is 1. The summed E-state index contributed by atoms with van der Waals surface area (Å²) in [6.45, 7) is 7.03. The van der Waals surface area contributed by atoms with Gasteiger partial charge in [-0.05, 0) is 50.0 Å². The molecule has 0 aliphatic carbocycles. The number of carbonyl (C=O) groups excluding carboxylic acids is 1. The van der Waals surface area contributed by atoms with E-state index in [-0.39, 0.29) is 24.2 Å². The number of aliphatic hydroxyl groups is 1. The molecule has 2 saturated heterocycles. The lowest BCUT2D eigenvalue weighted by Gasteiger charge is -2.35. The monoisotopic (exact) mass is 542 g/mol. The van der Waals surface area contributed by atoms with E-state index in [4.69, 9.17) is 21.4 Å². The predicted octanol–water partition coefficient (Wildman–Crippen LogP) is 4.11. The van der Waals surface area contributed by atoms with Gasteiger partial charge in [-0.3, -0.25) is 14.6 Å². The fourth-order valence-electron chi connectivity index (χ4n) is 5.74. The van der Waals surface area contributed by atoms with E-state index in [9.17, 15) is 9.18 Å². The first-order chi connectivity index (χ1) is 18.5. The van der Waals surface area contributed by atoms with Gasteiger partial charge in [-0.15, -0.1) is 0 Å². The van der Waals surface area contributed by atoms with Crippen LogP contribution in [0.4, 0.5) is 4.39 Å². The van der Waals surface area contributed by atoms with Crippen LogP contribution in [0, 0.1) is 5.82 Å². The van der Waals surface area contributed by atoms with E-state index in [0.717, 1.165) is 62.0 Å². The highest BCUT2D eigenvalue weighted by Crippen LogP contribution is 2.35. The fraction of sp³-hybridized carbons (Fsp3) is 0.483. The van der Waals surface area contributed by atoms with E-state index >= 15 is 0 Å². The van der Waals surface area contributed by atoms with Crippen molar-refractivity contribution >= 4 is 28.4 Å². The minimum absolute atomic E-state index is 0.0348. The minimum atomic E-state index is -0.224. The van der Waals surface area contributed by atoms with Crippen LogP contribution >= 0.6 is 11.6 Å². The maximum atomic E-state index is 14.5. The lowest BCUT2D eigenvalue weighted by molar-refractivity contribution is 0.0482. The van der Waals surface area contributed by atoms with Crippen molar-refractivity contribution in [3.63, 3.8) is 0 Å². The summed E-state index contributed by atoms with van der Waals surface area (Å²) in [6.07, 6.45) is 1.66. The van der Waals surface area contributed by atoms with Crippen LogP contribution in [0.2, 0.25) is 5.02 Å². The van der Waals surface area contributed by atoms with Crippen molar-refractivity contribution in [2.24, 2.45) is 0 Å². The summed E-state index contributed by atoms with van der Waals surface area (Å²) in [5, 5.41) is 10.4. The van der Waals surface area contributed by atoms with Crippen molar-refractivity contribution in [2.45, 2.75) is 25.3 Å². The molecule has 2 aromatic carbocycles. The zero-order valence-corrected chi connectivity index (χ0v) is 22.4. The number of amides is 1. The van der Waals surface area contributed by atoms with Gasteiger partial charge in [0.2, 0.25) is 0 Å². The normalized spacial score (nSPS) is 17.9. The smallest absolute Gasteiger partial charge is 0.270 e. The minimum Gasteiger partial charge on any atom is -0.394 e. The second-order valence-electron chi connectivity index (χ2n) is 10.2. The molecule has 204 valence electrons. The predicted molar refractivity (Wildman–Crippen MR) is 147 cm³/mol. The largest absolute Gasteiger partial charge is 0.394 e. The van der Waals surface area contributed by atoms with Gasteiger partial charge in [0.25, 0.3) is 5.91 Å². The van der Waals surface area contributed by atoms with Gasteiger partial charge in [0, 0.05) is 66.3 Å². The molecule has 0 bridgehead atoms. The Morgan fingerprint density at radius 1 is 1.00 bits per heavy atom. The van der Waals surface area contributed by atoms with Crippen LogP contribution in [0.15, 0.2) is 42.5 Å². The van der Waals surface area contributed by atoms with Crippen molar-refractivity contribution < 1.29 is 19.0 Å². The van der Waals surface area contributed by atoms with E-state index in [0.29, 0.717) is 49.1 Å². The van der Waals surface area contributed by atoms with Gasteiger partial charge < -0.3 is 19.7 Å².